The fraction of sp³-hybridized carbons (Fsp3) is 0.0952. The van der Waals surface area contributed by atoms with Crippen LogP contribution >= 0.6 is 11.3 Å². The summed E-state index contributed by atoms with van der Waals surface area (Å²) in [5.74, 6) is 0.108. The van der Waals surface area contributed by atoms with Crippen molar-refractivity contribution in [3.63, 3.8) is 0 Å². The molecule has 0 saturated heterocycles. The Hall–Kier alpha value is -7.79. The SMILES string of the molecule is CN1c2cc(-c3ccc(-c4ccc5c6ccccc6c6ccccc6c5c4)cc3)ccc2-c2c(sc3ccccc23)C1C1=CC(C2(C)N=C(c3ccccc3)C=C(c3ccccc3)N2)CC=C1. The number of benzene rings is 9. The number of allylic oxidation sites excluding steroid dienone is 2. The van der Waals surface area contributed by atoms with Crippen molar-refractivity contribution >= 4 is 70.8 Å². The Kier molecular flexibility index (Phi) is 9.26. The molecule has 320 valence electrons. The fourth-order valence-corrected chi connectivity index (χ4v) is 12.5. The van der Waals surface area contributed by atoms with Crippen LogP contribution in [0.15, 0.2) is 229 Å². The number of aliphatic imine (C=N–C) groups is 1. The molecular formula is C63H47N3S. The van der Waals surface area contributed by atoms with Crippen molar-refractivity contribution < 1.29 is 0 Å². The summed E-state index contributed by atoms with van der Waals surface area (Å²) in [5, 5.41) is 13.1. The van der Waals surface area contributed by atoms with Crippen molar-refractivity contribution in [1.29, 1.82) is 0 Å². The molecular weight excluding hydrogens is 831 g/mol. The van der Waals surface area contributed by atoms with Gasteiger partial charge in [0.2, 0.25) is 0 Å². The minimum absolute atomic E-state index is 0.0339. The van der Waals surface area contributed by atoms with Crippen LogP contribution in [0.2, 0.25) is 0 Å². The van der Waals surface area contributed by atoms with Crippen LogP contribution < -0.4 is 10.2 Å². The van der Waals surface area contributed by atoms with Gasteiger partial charge in [-0.25, -0.2) is 0 Å². The van der Waals surface area contributed by atoms with E-state index in [1.54, 1.807) is 0 Å². The maximum absolute atomic E-state index is 5.54. The zero-order valence-electron chi connectivity index (χ0n) is 37.4. The maximum Gasteiger partial charge on any atom is 0.134 e. The van der Waals surface area contributed by atoms with E-state index in [1.807, 2.05) is 11.3 Å². The Morgan fingerprint density at radius 3 is 1.79 bits per heavy atom. The summed E-state index contributed by atoms with van der Waals surface area (Å²) in [6.45, 7) is 2.27. The molecule has 0 amide bonds. The predicted molar refractivity (Wildman–Crippen MR) is 286 cm³/mol. The van der Waals surface area contributed by atoms with Gasteiger partial charge in [-0.15, -0.1) is 11.3 Å². The summed E-state index contributed by atoms with van der Waals surface area (Å²) < 4.78 is 1.32. The Balaban J connectivity index is 0.872. The molecule has 1 N–H and O–H groups in total. The van der Waals surface area contributed by atoms with Gasteiger partial charge in [0.25, 0.3) is 0 Å². The maximum atomic E-state index is 5.54. The number of nitrogens with zero attached hydrogens (tertiary/aromatic N) is 2. The Morgan fingerprint density at radius 2 is 1.10 bits per heavy atom. The van der Waals surface area contributed by atoms with Gasteiger partial charge in [0.15, 0.2) is 0 Å². The van der Waals surface area contributed by atoms with Crippen LogP contribution in [0, 0.1) is 5.92 Å². The van der Waals surface area contributed by atoms with Crippen LogP contribution in [-0.4, -0.2) is 18.4 Å². The van der Waals surface area contributed by atoms with Gasteiger partial charge in [0, 0.05) is 50.4 Å². The lowest BCUT2D eigenvalue weighted by Crippen LogP contribution is -2.49. The normalized spacial score (nSPS) is 18.9. The highest BCUT2D eigenvalue weighted by Gasteiger charge is 2.40. The molecule has 67 heavy (non-hydrogen) atoms. The summed E-state index contributed by atoms with van der Waals surface area (Å²) in [6, 6.07) is 71.1. The minimum atomic E-state index is -0.580. The summed E-state index contributed by atoms with van der Waals surface area (Å²) in [7, 11) is 2.29. The second-order valence-corrected chi connectivity index (χ2v) is 19.6. The largest absolute Gasteiger partial charge is 0.362 e. The lowest BCUT2D eigenvalue weighted by molar-refractivity contribution is 0.316. The van der Waals surface area contributed by atoms with Gasteiger partial charge in [-0.2, -0.15) is 0 Å². The van der Waals surface area contributed by atoms with Gasteiger partial charge in [-0.05, 0) is 109 Å². The third kappa shape index (κ3) is 6.58. The molecule has 0 spiro atoms. The van der Waals surface area contributed by atoms with Gasteiger partial charge in [-0.1, -0.05) is 194 Å². The van der Waals surface area contributed by atoms with Crippen molar-refractivity contribution in [2.45, 2.75) is 25.0 Å². The molecule has 0 radical (unpaired) electrons. The number of hydrogen-bond donors (Lipinski definition) is 1. The fourth-order valence-electron chi connectivity index (χ4n) is 11.1. The first kappa shape index (κ1) is 39.6. The molecule has 0 fully saturated rings. The first-order chi connectivity index (χ1) is 33.0. The first-order valence-electron chi connectivity index (χ1n) is 23.4. The molecule has 0 bridgehead atoms. The molecule has 3 aliphatic rings. The van der Waals surface area contributed by atoms with Gasteiger partial charge in [0.1, 0.15) is 5.66 Å². The molecule has 9 aromatic carbocycles. The van der Waals surface area contributed by atoms with E-state index < -0.39 is 5.66 Å². The highest BCUT2D eigenvalue weighted by Crippen LogP contribution is 2.55. The number of thiophene rings is 1. The number of hydrogen-bond acceptors (Lipinski definition) is 4. The first-order valence-corrected chi connectivity index (χ1v) is 24.2. The highest BCUT2D eigenvalue weighted by atomic mass is 32.1. The van der Waals surface area contributed by atoms with Crippen LogP contribution in [0.5, 0.6) is 0 Å². The Labute approximate surface area is 395 Å². The van der Waals surface area contributed by atoms with Gasteiger partial charge < -0.3 is 10.2 Å². The number of fused-ring (bicyclic) bond motifs is 11. The van der Waals surface area contributed by atoms with Crippen LogP contribution in [0.25, 0.3) is 81.5 Å². The van der Waals surface area contributed by atoms with Gasteiger partial charge >= 0.3 is 0 Å². The molecule has 1 aromatic heterocycles. The van der Waals surface area contributed by atoms with E-state index in [-0.39, 0.29) is 12.0 Å². The average molecular weight is 878 g/mol. The van der Waals surface area contributed by atoms with E-state index in [4.69, 9.17) is 4.99 Å². The summed E-state index contributed by atoms with van der Waals surface area (Å²) in [5.41, 5.74) is 13.8. The third-order valence-electron chi connectivity index (χ3n) is 14.5. The monoisotopic (exact) mass is 877 g/mol. The van der Waals surface area contributed by atoms with E-state index in [0.717, 1.165) is 29.0 Å². The topological polar surface area (TPSA) is 27.6 Å². The standard InChI is InChI=1S/C63H47N3S/c1-63(64-56(42-16-5-3-6-17-42)39-57(65-63)43-18-7-4-8-19-43)47-21-15-20-46(36-47)61-62-60(54-26-13-14-27-59(54)67-62)53-35-33-45(38-58(53)66(61)2)41-30-28-40(29-31-41)44-32-34-52-50-24-10-9-22-48(50)49-23-11-12-25-51(49)55(52)37-44/h3-20,22-39,47,61,64H,21H2,1-2H3. The number of likely N-dealkylation sites (N-methyl/N-ethyl adjacent to an activating group) is 1. The number of rotatable bonds is 6. The van der Waals surface area contributed by atoms with Crippen molar-refractivity contribution in [2.75, 3.05) is 11.9 Å². The molecule has 10 aromatic rings. The molecule has 3 atom stereocenters. The molecule has 2 aliphatic heterocycles. The number of anilines is 1. The average Bonchev–Trinajstić information content (AvgIpc) is 3.78. The molecule has 3 heterocycles. The van der Waals surface area contributed by atoms with E-state index in [9.17, 15) is 0 Å². The quantitative estimate of drug-likeness (QED) is 0.169. The van der Waals surface area contributed by atoms with E-state index >= 15 is 0 Å². The van der Waals surface area contributed by atoms with Crippen molar-refractivity contribution in [3.8, 4) is 33.4 Å². The molecule has 13 rings (SSSR count). The third-order valence-corrected chi connectivity index (χ3v) is 15.7. The van der Waals surface area contributed by atoms with Crippen molar-refractivity contribution in [3.05, 3.63) is 240 Å². The molecule has 3 nitrogen and oxygen atoms in total. The van der Waals surface area contributed by atoms with Crippen LogP contribution in [0.3, 0.4) is 0 Å². The molecule has 0 saturated carbocycles. The van der Waals surface area contributed by atoms with Crippen LogP contribution in [-0.2, 0) is 0 Å². The van der Waals surface area contributed by atoms with E-state index in [1.165, 1.54) is 91.9 Å². The second-order valence-electron chi connectivity index (χ2n) is 18.5. The highest BCUT2D eigenvalue weighted by molar-refractivity contribution is 7.19. The van der Waals surface area contributed by atoms with Gasteiger partial charge in [-0.3, -0.25) is 4.99 Å². The zero-order valence-corrected chi connectivity index (χ0v) is 38.3. The van der Waals surface area contributed by atoms with Gasteiger partial charge in [0.05, 0.1) is 11.8 Å². The Morgan fingerprint density at radius 1 is 0.552 bits per heavy atom. The summed E-state index contributed by atoms with van der Waals surface area (Å²) in [4.78, 5) is 9.46. The summed E-state index contributed by atoms with van der Waals surface area (Å²) >= 11 is 1.93. The van der Waals surface area contributed by atoms with Crippen molar-refractivity contribution in [2.24, 2.45) is 10.9 Å². The zero-order chi connectivity index (χ0) is 44.6. The second kappa shape index (κ2) is 15.7. The molecule has 3 unspecified atom stereocenters. The van der Waals surface area contributed by atoms with Crippen LogP contribution in [0.4, 0.5) is 5.69 Å². The predicted octanol–water partition coefficient (Wildman–Crippen LogP) is 16.2. The van der Waals surface area contributed by atoms with E-state index in [2.05, 4.69) is 243 Å². The van der Waals surface area contributed by atoms with Crippen molar-refractivity contribution in [1.82, 2.24) is 5.32 Å². The summed E-state index contributed by atoms with van der Waals surface area (Å²) in [6.07, 6.45) is 10.4. The molecule has 4 heteroatoms. The van der Waals surface area contributed by atoms with E-state index in [0.29, 0.717) is 0 Å². The Bertz CT molecular complexity index is 3690. The smallest absolute Gasteiger partial charge is 0.134 e. The number of nitrogens with one attached hydrogen (secondary N) is 1. The minimum Gasteiger partial charge on any atom is -0.362 e. The van der Waals surface area contributed by atoms with Crippen LogP contribution in [0.1, 0.15) is 35.4 Å². The molecule has 1 aliphatic carbocycles. The lowest BCUT2D eigenvalue weighted by Gasteiger charge is -2.42. The lowest BCUT2D eigenvalue weighted by atomic mass is 9.80.